The molecule has 3 heteroatoms. The van der Waals surface area contributed by atoms with Gasteiger partial charge < -0.3 is 10.4 Å². The van der Waals surface area contributed by atoms with Crippen LogP contribution in [0.2, 0.25) is 0 Å². The minimum Gasteiger partial charge on any atom is -0.394 e. The molecule has 1 fully saturated rings. The van der Waals surface area contributed by atoms with Gasteiger partial charge in [-0.2, -0.15) is 0 Å². The summed E-state index contributed by atoms with van der Waals surface area (Å²) >= 11 is 0. The third-order valence-electron chi connectivity index (χ3n) is 4.27. The number of carbonyl (C=O) groups excluding carboxylic acids is 1. The quantitative estimate of drug-likeness (QED) is 0.875. The van der Waals surface area contributed by atoms with E-state index in [4.69, 9.17) is 0 Å². The molecule has 1 aromatic carbocycles. The van der Waals surface area contributed by atoms with Gasteiger partial charge in [0.15, 0.2) is 0 Å². The Hall–Kier alpha value is -1.35. The first-order valence-electron chi connectivity index (χ1n) is 7.01. The van der Waals surface area contributed by atoms with E-state index in [1.54, 1.807) is 0 Å². The van der Waals surface area contributed by atoms with Crippen LogP contribution in [0, 0.1) is 11.3 Å². The standard InChI is InChI=1S/C16H23NO2/c1-16(2)10-6-9-13(16)15(19)17-14(11-18)12-7-4-3-5-8-12/h3-5,7-8,13-14,18H,6,9-11H2,1-2H3,(H,17,19)/t13?,14-/m0/s1. The van der Waals surface area contributed by atoms with E-state index >= 15 is 0 Å². The molecule has 0 bridgehead atoms. The van der Waals surface area contributed by atoms with Crippen molar-refractivity contribution in [1.29, 1.82) is 0 Å². The molecule has 0 saturated heterocycles. The highest BCUT2D eigenvalue weighted by Gasteiger charge is 2.39. The van der Waals surface area contributed by atoms with Crippen LogP contribution in [0.25, 0.3) is 0 Å². The van der Waals surface area contributed by atoms with E-state index in [-0.39, 0.29) is 29.9 Å². The maximum Gasteiger partial charge on any atom is 0.224 e. The number of hydrogen-bond donors (Lipinski definition) is 2. The van der Waals surface area contributed by atoms with Gasteiger partial charge in [-0.05, 0) is 23.8 Å². The summed E-state index contributed by atoms with van der Waals surface area (Å²) in [7, 11) is 0. The normalized spacial score (nSPS) is 23.0. The first kappa shape index (κ1) is 14.1. The van der Waals surface area contributed by atoms with Crippen LogP contribution in [0.3, 0.4) is 0 Å². The second-order valence-electron chi connectivity index (χ2n) is 6.09. The summed E-state index contributed by atoms with van der Waals surface area (Å²) in [5.74, 6) is 0.135. The van der Waals surface area contributed by atoms with Gasteiger partial charge in [-0.25, -0.2) is 0 Å². The molecule has 0 heterocycles. The van der Waals surface area contributed by atoms with E-state index in [1.807, 2.05) is 30.3 Å². The minimum absolute atomic E-state index is 0.0604. The Bertz CT molecular complexity index is 428. The smallest absolute Gasteiger partial charge is 0.224 e. The molecule has 1 aliphatic carbocycles. The Morgan fingerprint density at radius 1 is 1.42 bits per heavy atom. The monoisotopic (exact) mass is 261 g/mol. The van der Waals surface area contributed by atoms with Crippen LogP contribution < -0.4 is 5.32 Å². The Morgan fingerprint density at radius 2 is 2.11 bits per heavy atom. The van der Waals surface area contributed by atoms with Crippen molar-refractivity contribution in [3.8, 4) is 0 Å². The van der Waals surface area contributed by atoms with Crippen LogP contribution in [0.5, 0.6) is 0 Å². The van der Waals surface area contributed by atoms with Crippen LogP contribution in [-0.4, -0.2) is 17.6 Å². The topological polar surface area (TPSA) is 49.3 Å². The van der Waals surface area contributed by atoms with Crippen molar-refractivity contribution in [3.63, 3.8) is 0 Å². The predicted octanol–water partition coefficient (Wildman–Crippen LogP) is 2.66. The SMILES string of the molecule is CC1(C)CCCC1C(=O)N[C@@H](CO)c1ccccc1. The first-order valence-corrected chi connectivity index (χ1v) is 7.01. The molecule has 2 atom stereocenters. The fourth-order valence-electron chi connectivity index (χ4n) is 3.00. The minimum atomic E-state index is -0.301. The number of hydrogen-bond acceptors (Lipinski definition) is 2. The molecule has 0 spiro atoms. The highest BCUT2D eigenvalue weighted by Crippen LogP contribution is 2.42. The Kier molecular flexibility index (Phi) is 4.25. The van der Waals surface area contributed by atoms with E-state index in [0.717, 1.165) is 24.8 Å². The van der Waals surface area contributed by atoms with E-state index in [2.05, 4.69) is 19.2 Å². The molecule has 1 unspecified atom stereocenters. The van der Waals surface area contributed by atoms with Gasteiger partial charge in [0.25, 0.3) is 0 Å². The molecule has 0 aromatic heterocycles. The van der Waals surface area contributed by atoms with E-state index in [0.29, 0.717) is 0 Å². The molecule has 2 rings (SSSR count). The fourth-order valence-corrected chi connectivity index (χ4v) is 3.00. The fraction of sp³-hybridized carbons (Fsp3) is 0.562. The van der Waals surface area contributed by atoms with Crippen LogP contribution in [0.1, 0.15) is 44.7 Å². The summed E-state index contributed by atoms with van der Waals surface area (Å²) in [4.78, 5) is 12.4. The second-order valence-corrected chi connectivity index (χ2v) is 6.09. The number of benzene rings is 1. The Labute approximate surface area is 115 Å². The highest BCUT2D eigenvalue weighted by molar-refractivity contribution is 5.80. The van der Waals surface area contributed by atoms with Crippen molar-refractivity contribution >= 4 is 5.91 Å². The molecule has 2 N–H and O–H groups in total. The summed E-state index contributed by atoms with van der Waals surface area (Å²) in [5.41, 5.74) is 1.02. The summed E-state index contributed by atoms with van der Waals surface area (Å²) < 4.78 is 0. The first-order chi connectivity index (χ1) is 9.04. The van der Waals surface area contributed by atoms with E-state index < -0.39 is 0 Å². The van der Waals surface area contributed by atoms with Crippen molar-refractivity contribution < 1.29 is 9.90 Å². The molecule has 3 nitrogen and oxygen atoms in total. The van der Waals surface area contributed by atoms with Gasteiger partial charge in [0.05, 0.1) is 12.6 Å². The van der Waals surface area contributed by atoms with Crippen LogP contribution in [-0.2, 0) is 4.79 Å². The van der Waals surface area contributed by atoms with Crippen molar-refractivity contribution in [3.05, 3.63) is 35.9 Å². The third kappa shape index (κ3) is 3.16. The zero-order chi connectivity index (χ0) is 13.9. The third-order valence-corrected chi connectivity index (χ3v) is 4.27. The Balaban J connectivity index is 2.05. The molecule has 1 amide bonds. The predicted molar refractivity (Wildman–Crippen MR) is 75.5 cm³/mol. The van der Waals surface area contributed by atoms with E-state index in [1.165, 1.54) is 0 Å². The molecular weight excluding hydrogens is 238 g/mol. The number of aliphatic hydroxyl groups is 1. The van der Waals surface area contributed by atoms with Crippen LogP contribution in [0.4, 0.5) is 0 Å². The molecule has 0 radical (unpaired) electrons. The maximum absolute atomic E-state index is 12.4. The summed E-state index contributed by atoms with van der Waals surface area (Å²) in [5, 5.41) is 12.5. The van der Waals surface area contributed by atoms with Gasteiger partial charge in [-0.15, -0.1) is 0 Å². The van der Waals surface area contributed by atoms with Crippen LogP contribution in [0.15, 0.2) is 30.3 Å². The van der Waals surface area contributed by atoms with Crippen LogP contribution >= 0.6 is 0 Å². The van der Waals surface area contributed by atoms with Gasteiger partial charge in [0.1, 0.15) is 0 Å². The van der Waals surface area contributed by atoms with Crippen molar-refractivity contribution in [1.82, 2.24) is 5.32 Å². The van der Waals surface area contributed by atoms with Gasteiger partial charge in [0, 0.05) is 5.92 Å². The maximum atomic E-state index is 12.4. The van der Waals surface area contributed by atoms with Gasteiger partial charge in [-0.3, -0.25) is 4.79 Å². The van der Waals surface area contributed by atoms with E-state index in [9.17, 15) is 9.90 Å². The summed E-state index contributed by atoms with van der Waals surface area (Å²) in [6.45, 7) is 4.24. The summed E-state index contributed by atoms with van der Waals surface area (Å²) in [6, 6.07) is 9.33. The molecule has 1 aliphatic rings. The molecule has 1 saturated carbocycles. The lowest BCUT2D eigenvalue weighted by atomic mass is 9.81. The molecule has 0 aliphatic heterocycles. The number of aliphatic hydroxyl groups excluding tert-OH is 1. The molecule has 104 valence electrons. The Morgan fingerprint density at radius 3 is 2.63 bits per heavy atom. The van der Waals surface area contributed by atoms with Gasteiger partial charge >= 0.3 is 0 Å². The second kappa shape index (κ2) is 5.74. The van der Waals surface area contributed by atoms with Crippen molar-refractivity contribution in [2.24, 2.45) is 11.3 Å². The number of carbonyl (C=O) groups is 1. The molecule has 19 heavy (non-hydrogen) atoms. The average Bonchev–Trinajstić information content (AvgIpc) is 2.76. The highest BCUT2D eigenvalue weighted by atomic mass is 16.3. The number of rotatable bonds is 4. The van der Waals surface area contributed by atoms with Crippen molar-refractivity contribution in [2.75, 3.05) is 6.61 Å². The zero-order valence-corrected chi connectivity index (χ0v) is 11.7. The average molecular weight is 261 g/mol. The largest absolute Gasteiger partial charge is 0.394 e. The zero-order valence-electron chi connectivity index (χ0n) is 11.7. The van der Waals surface area contributed by atoms with Gasteiger partial charge in [0.2, 0.25) is 5.91 Å². The summed E-state index contributed by atoms with van der Waals surface area (Å²) in [6.07, 6.45) is 3.16. The lowest BCUT2D eigenvalue weighted by molar-refractivity contribution is -0.128. The number of amides is 1. The lowest BCUT2D eigenvalue weighted by Gasteiger charge is -2.28. The van der Waals surface area contributed by atoms with Gasteiger partial charge in [-0.1, -0.05) is 50.6 Å². The van der Waals surface area contributed by atoms with Crippen molar-refractivity contribution in [2.45, 2.75) is 39.2 Å². The number of nitrogens with one attached hydrogen (secondary N) is 1. The molecular formula is C16H23NO2. The lowest BCUT2D eigenvalue weighted by Crippen LogP contribution is -2.39. The molecule has 1 aromatic rings.